The molecule has 0 radical (unpaired) electrons. The summed E-state index contributed by atoms with van der Waals surface area (Å²) >= 11 is 0. The number of amides is 2. The molecule has 1 atom stereocenters. The molecule has 0 saturated heterocycles. The molecular formula is C13H19N3O3. The Kier molecular flexibility index (Phi) is 5.32. The van der Waals surface area contributed by atoms with Crippen molar-refractivity contribution in [3.8, 4) is 0 Å². The van der Waals surface area contributed by atoms with Gasteiger partial charge >= 0.3 is 12.0 Å². The number of hydrogen-bond acceptors (Lipinski definition) is 3. The van der Waals surface area contributed by atoms with Gasteiger partial charge in [-0.2, -0.15) is 0 Å². The van der Waals surface area contributed by atoms with Crippen LogP contribution in [-0.2, 0) is 0 Å². The van der Waals surface area contributed by atoms with Gasteiger partial charge in [0.2, 0.25) is 0 Å². The second-order valence-electron chi connectivity index (χ2n) is 4.64. The third-order valence-corrected chi connectivity index (χ3v) is 2.41. The average molecular weight is 265 g/mol. The van der Waals surface area contributed by atoms with E-state index in [1.54, 1.807) is 12.1 Å². The lowest BCUT2D eigenvalue weighted by Gasteiger charge is -2.18. The maximum Gasteiger partial charge on any atom is 0.335 e. The van der Waals surface area contributed by atoms with Gasteiger partial charge in [-0.15, -0.1) is 0 Å². The molecule has 6 heteroatoms. The lowest BCUT2D eigenvalue weighted by Crippen LogP contribution is -2.41. The maximum absolute atomic E-state index is 11.7. The standard InChI is InChI=1S/C13H19N3O3/c1-9(8-16(2)3)14-13(19)15-11-6-4-10(5-7-11)12(17)18/h4-7,9H,8H2,1-3H3,(H,17,18)(H2,14,15,19). The molecule has 104 valence electrons. The molecule has 2 amide bonds. The van der Waals surface area contributed by atoms with Crippen LogP contribution in [0.2, 0.25) is 0 Å². The van der Waals surface area contributed by atoms with Gasteiger partial charge in [0.1, 0.15) is 0 Å². The Hall–Kier alpha value is -2.08. The van der Waals surface area contributed by atoms with Crippen molar-refractivity contribution in [2.75, 3.05) is 26.0 Å². The van der Waals surface area contributed by atoms with Crippen molar-refractivity contribution in [3.63, 3.8) is 0 Å². The number of carboxylic acids is 1. The third-order valence-electron chi connectivity index (χ3n) is 2.41. The zero-order valence-electron chi connectivity index (χ0n) is 11.3. The van der Waals surface area contributed by atoms with Gasteiger partial charge in [-0.05, 0) is 45.3 Å². The van der Waals surface area contributed by atoms with Crippen molar-refractivity contribution in [1.29, 1.82) is 0 Å². The Labute approximate surface area is 112 Å². The number of aromatic carboxylic acids is 1. The first-order chi connectivity index (χ1) is 8.88. The smallest absolute Gasteiger partial charge is 0.335 e. The normalized spacial score (nSPS) is 12.0. The van der Waals surface area contributed by atoms with E-state index in [1.165, 1.54) is 12.1 Å². The van der Waals surface area contributed by atoms with E-state index >= 15 is 0 Å². The van der Waals surface area contributed by atoms with Crippen molar-refractivity contribution < 1.29 is 14.7 Å². The van der Waals surface area contributed by atoms with Gasteiger partial charge in [-0.1, -0.05) is 0 Å². The van der Waals surface area contributed by atoms with Crippen LogP contribution in [-0.4, -0.2) is 48.7 Å². The SMILES string of the molecule is CC(CN(C)C)NC(=O)Nc1ccc(C(=O)O)cc1. The van der Waals surface area contributed by atoms with Crippen LogP contribution in [0.15, 0.2) is 24.3 Å². The first-order valence-electron chi connectivity index (χ1n) is 5.94. The van der Waals surface area contributed by atoms with Crippen LogP contribution in [0.1, 0.15) is 17.3 Å². The van der Waals surface area contributed by atoms with E-state index in [4.69, 9.17) is 5.11 Å². The fourth-order valence-corrected chi connectivity index (χ4v) is 1.68. The summed E-state index contributed by atoms with van der Waals surface area (Å²) in [6.07, 6.45) is 0. The predicted octanol–water partition coefficient (Wildman–Crippen LogP) is 1.46. The fourth-order valence-electron chi connectivity index (χ4n) is 1.68. The van der Waals surface area contributed by atoms with Crippen molar-refractivity contribution in [3.05, 3.63) is 29.8 Å². The van der Waals surface area contributed by atoms with Crippen molar-refractivity contribution in [2.24, 2.45) is 0 Å². The van der Waals surface area contributed by atoms with Crippen LogP contribution in [0.25, 0.3) is 0 Å². The number of nitrogens with one attached hydrogen (secondary N) is 2. The quantitative estimate of drug-likeness (QED) is 0.752. The molecule has 1 aromatic carbocycles. The minimum atomic E-state index is -0.990. The number of benzene rings is 1. The maximum atomic E-state index is 11.7. The number of nitrogens with zero attached hydrogens (tertiary/aromatic N) is 1. The molecule has 0 aliphatic rings. The molecule has 0 saturated carbocycles. The van der Waals surface area contributed by atoms with Gasteiger partial charge in [0.15, 0.2) is 0 Å². The molecule has 6 nitrogen and oxygen atoms in total. The highest BCUT2D eigenvalue weighted by Crippen LogP contribution is 2.09. The lowest BCUT2D eigenvalue weighted by molar-refractivity contribution is 0.0697. The van der Waals surface area contributed by atoms with Crippen LogP contribution < -0.4 is 10.6 Å². The summed E-state index contributed by atoms with van der Waals surface area (Å²) in [7, 11) is 3.86. The minimum Gasteiger partial charge on any atom is -0.478 e. The number of carbonyl (C=O) groups is 2. The molecule has 0 bridgehead atoms. The summed E-state index contributed by atoms with van der Waals surface area (Å²) in [5.74, 6) is -0.990. The predicted molar refractivity (Wildman–Crippen MR) is 73.6 cm³/mol. The fraction of sp³-hybridized carbons (Fsp3) is 0.385. The summed E-state index contributed by atoms with van der Waals surface area (Å²) in [6.45, 7) is 2.65. The van der Waals surface area contributed by atoms with E-state index in [1.807, 2.05) is 25.9 Å². The number of likely N-dealkylation sites (N-methyl/N-ethyl adjacent to an activating group) is 1. The molecule has 1 rings (SSSR count). The first kappa shape index (κ1) is 15.0. The third kappa shape index (κ3) is 5.39. The van der Waals surface area contributed by atoms with Gasteiger partial charge in [0, 0.05) is 18.3 Å². The first-order valence-corrected chi connectivity index (χ1v) is 5.94. The molecule has 0 aromatic heterocycles. The number of rotatable bonds is 5. The highest BCUT2D eigenvalue weighted by molar-refractivity contribution is 5.91. The van der Waals surface area contributed by atoms with Crippen LogP contribution >= 0.6 is 0 Å². The van der Waals surface area contributed by atoms with Crippen LogP contribution in [0.4, 0.5) is 10.5 Å². The molecule has 3 N–H and O–H groups in total. The van der Waals surface area contributed by atoms with Gasteiger partial charge in [-0.25, -0.2) is 9.59 Å². The van der Waals surface area contributed by atoms with Crippen molar-refractivity contribution >= 4 is 17.7 Å². The number of carbonyl (C=O) groups excluding carboxylic acids is 1. The summed E-state index contributed by atoms with van der Waals surface area (Å²) in [6, 6.07) is 5.72. The molecule has 0 fully saturated rings. The van der Waals surface area contributed by atoms with E-state index in [9.17, 15) is 9.59 Å². The Bertz CT molecular complexity index is 443. The molecule has 1 unspecified atom stereocenters. The van der Waals surface area contributed by atoms with E-state index < -0.39 is 5.97 Å². The zero-order valence-corrected chi connectivity index (χ0v) is 11.3. The van der Waals surface area contributed by atoms with Crippen LogP contribution in [0, 0.1) is 0 Å². The Morgan fingerprint density at radius 2 is 1.84 bits per heavy atom. The molecule has 0 spiro atoms. The molecule has 0 aliphatic carbocycles. The van der Waals surface area contributed by atoms with E-state index in [2.05, 4.69) is 10.6 Å². The van der Waals surface area contributed by atoms with E-state index in [0.29, 0.717) is 5.69 Å². The Morgan fingerprint density at radius 1 is 1.26 bits per heavy atom. The highest BCUT2D eigenvalue weighted by atomic mass is 16.4. The van der Waals surface area contributed by atoms with Gasteiger partial charge in [0.25, 0.3) is 0 Å². The van der Waals surface area contributed by atoms with Crippen LogP contribution in [0.5, 0.6) is 0 Å². The number of hydrogen-bond donors (Lipinski definition) is 3. The molecule has 19 heavy (non-hydrogen) atoms. The zero-order chi connectivity index (χ0) is 14.4. The lowest BCUT2D eigenvalue weighted by atomic mass is 10.2. The summed E-state index contributed by atoms with van der Waals surface area (Å²) in [4.78, 5) is 24.3. The molecular weight excluding hydrogens is 246 g/mol. The Balaban J connectivity index is 2.50. The second-order valence-corrected chi connectivity index (χ2v) is 4.64. The topological polar surface area (TPSA) is 81.7 Å². The molecule has 1 aromatic rings. The molecule has 0 aliphatic heterocycles. The largest absolute Gasteiger partial charge is 0.478 e. The van der Waals surface area contributed by atoms with E-state index in [0.717, 1.165) is 6.54 Å². The van der Waals surface area contributed by atoms with Gasteiger partial charge in [-0.3, -0.25) is 0 Å². The minimum absolute atomic E-state index is 0.0216. The van der Waals surface area contributed by atoms with Crippen molar-refractivity contribution in [2.45, 2.75) is 13.0 Å². The second kappa shape index (κ2) is 6.75. The number of urea groups is 1. The average Bonchev–Trinajstić information content (AvgIpc) is 2.27. The van der Waals surface area contributed by atoms with Crippen molar-refractivity contribution in [1.82, 2.24) is 10.2 Å². The van der Waals surface area contributed by atoms with Gasteiger partial charge < -0.3 is 20.6 Å². The monoisotopic (exact) mass is 265 g/mol. The summed E-state index contributed by atoms with van der Waals surface area (Å²) < 4.78 is 0. The van der Waals surface area contributed by atoms with Crippen LogP contribution in [0.3, 0.4) is 0 Å². The summed E-state index contributed by atoms with van der Waals surface area (Å²) in [5.41, 5.74) is 0.742. The number of anilines is 1. The van der Waals surface area contributed by atoms with Gasteiger partial charge in [0.05, 0.1) is 5.56 Å². The Morgan fingerprint density at radius 3 is 2.32 bits per heavy atom. The highest BCUT2D eigenvalue weighted by Gasteiger charge is 2.08. The summed E-state index contributed by atoms with van der Waals surface area (Å²) in [5, 5.41) is 14.2. The molecule has 0 heterocycles. The number of carboxylic acid groups (broad SMARTS) is 1. The van der Waals surface area contributed by atoms with E-state index in [-0.39, 0.29) is 17.6 Å².